The molecule has 8 heteroatoms. The standard InChI is InChI=1S/C23H21N3O4S/c1-3-11-26-19-8-6-5-7-18(19)25-22(26)31-14-15-12-21(27)30-20-13-16(9-10-17(15)20)24-23(28)29-4-2/h3,5-10,12-13H,1,4,11,14H2,2H3,(H,24,28). The number of anilines is 1. The number of ether oxygens (including phenoxy) is 1. The molecule has 0 aliphatic heterocycles. The summed E-state index contributed by atoms with van der Waals surface area (Å²) in [7, 11) is 0. The summed E-state index contributed by atoms with van der Waals surface area (Å²) in [6.07, 6.45) is 1.28. The smallest absolute Gasteiger partial charge is 0.411 e. The minimum atomic E-state index is -0.558. The Hall–Kier alpha value is -3.52. The molecule has 0 saturated carbocycles. The van der Waals surface area contributed by atoms with Crippen LogP contribution < -0.4 is 10.9 Å². The number of carbonyl (C=O) groups excluding carboxylic acids is 1. The first kappa shape index (κ1) is 20.7. The van der Waals surface area contributed by atoms with E-state index in [1.165, 1.54) is 6.07 Å². The summed E-state index contributed by atoms with van der Waals surface area (Å²) in [5.41, 5.74) is 3.23. The number of nitrogens with zero attached hydrogens (tertiary/aromatic N) is 2. The Balaban J connectivity index is 1.64. The summed E-state index contributed by atoms with van der Waals surface area (Å²) in [6.45, 7) is 6.49. The van der Waals surface area contributed by atoms with Crippen LogP contribution in [0.1, 0.15) is 12.5 Å². The molecule has 7 nitrogen and oxygen atoms in total. The largest absolute Gasteiger partial charge is 0.450 e. The number of amides is 1. The number of aromatic nitrogens is 2. The average Bonchev–Trinajstić information content (AvgIpc) is 3.09. The van der Waals surface area contributed by atoms with Gasteiger partial charge in [0.2, 0.25) is 0 Å². The van der Waals surface area contributed by atoms with E-state index in [0.717, 1.165) is 27.1 Å². The van der Waals surface area contributed by atoms with Gasteiger partial charge in [0.15, 0.2) is 5.16 Å². The SMILES string of the molecule is C=CCn1c(SCc2cc(=O)oc3cc(NC(=O)OCC)ccc23)nc2ccccc21. The molecule has 2 aromatic carbocycles. The zero-order valence-corrected chi connectivity index (χ0v) is 17.8. The number of allylic oxidation sites excluding steroid dienone is 1. The lowest BCUT2D eigenvalue weighted by molar-refractivity contribution is 0.168. The second-order valence-corrected chi connectivity index (χ2v) is 7.66. The lowest BCUT2D eigenvalue weighted by Gasteiger charge is -2.09. The number of carbonyl (C=O) groups is 1. The molecule has 0 radical (unpaired) electrons. The molecule has 2 aromatic heterocycles. The minimum absolute atomic E-state index is 0.270. The number of rotatable bonds is 7. The van der Waals surface area contributed by atoms with Crippen LogP contribution in [0.3, 0.4) is 0 Å². The first-order valence-corrected chi connectivity index (χ1v) is 10.8. The maximum atomic E-state index is 12.1. The Labute approximate surface area is 182 Å². The van der Waals surface area contributed by atoms with Crippen molar-refractivity contribution in [2.24, 2.45) is 0 Å². The highest BCUT2D eigenvalue weighted by Gasteiger charge is 2.13. The molecular weight excluding hydrogens is 414 g/mol. The predicted octanol–water partition coefficient (Wildman–Crippen LogP) is 5.19. The van der Waals surface area contributed by atoms with Gasteiger partial charge in [-0.15, -0.1) is 6.58 Å². The van der Waals surface area contributed by atoms with Gasteiger partial charge in [-0.3, -0.25) is 5.32 Å². The van der Waals surface area contributed by atoms with Crippen LogP contribution in [0.15, 0.2) is 75.6 Å². The van der Waals surface area contributed by atoms with E-state index >= 15 is 0 Å². The number of hydrogen-bond donors (Lipinski definition) is 1. The zero-order chi connectivity index (χ0) is 21.8. The summed E-state index contributed by atoms with van der Waals surface area (Å²) in [4.78, 5) is 28.5. The van der Waals surface area contributed by atoms with Crippen molar-refractivity contribution in [3.63, 3.8) is 0 Å². The van der Waals surface area contributed by atoms with E-state index in [-0.39, 0.29) is 6.61 Å². The van der Waals surface area contributed by atoms with Gasteiger partial charge in [-0.25, -0.2) is 14.6 Å². The van der Waals surface area contributed by atoms with E-state index in [9.17, 15) is 9.59 Å². The fourth-order valence-corrected chi connectivity index (χ4v) is 4.34. The Morgan fingerprint density at radius 2 is 2.13 bits per heavy atom. The highest BCUT2D eigenvalue weighted by molar-refractivity contribution is 7.98. The quantitative estimate of drug-likeness (QED) is 0.244. The molecule has 0 saturated heterocycles. The fourth-order valence-electron chi connectivity index (χ4n) is 3.32. The van der Waals surface area contributed by atoms with Crippen LogP contribution in [0.25, 0.3) is 22.0 Å². The van der Waals surface area contributed by atoms with Gasteiger partial charge < -0.3 is 13.7 Å². The first-order chi connectivity index (χ1) is 15.1. The van der Waals surface area contributed by atoms with E-state index in [1.807, 2.05) is 36.4 Å². The van der Waals surface area contributed by atoms with Crippen LogP contribution in [0.4, 0.5) is 10.5 Å². The van der Waals surface area contributed by atoms with Gasteiger partial charge in [-0.05, 0) is 36.8 Å². The highest BCUT2D eigenvalue weighted by Crippen LogP contribution is 2.30. The highest BCUT2D eigenvalue weighted by atomic mass is 32.2. The lowest BCUT2D eigenvalue weighted by atomic mass is 10.1. The van der Waals surface area contributed by atoms with Crippen LogP contribution >= 0.6 is 11.8 Å². The molecule has 0 spiro atoms. The number of benzene rings is 2. The van der Waals surface area contributed by atoms with Crippen LogP contribution in [0.5, 0.6) is 0 Å². The van der Waals surface area contributed by atoms with Crippen molar-refractivity contribution in [3.05, 3.63) is 77.2 Å². The first-order valence-electron chi connectivity index (χ1n) is 9.78. The maximum absolute atomic E-state index is 12.1. The third kappa shape index (κ3) is 4.49. The van der Waals surface area contributed by atoms with Gasteiger partial charge in [0.1, 0.15) is 5.58 Å². The Morgan fingerprint density at radius 1 is 1.29 bits per heavy atom. The number of hydrogen-bond acceptors (Lipinski definition) is 6. The van der Waals surface area contributed by atoms with Crippen molar-refractivity contribution in [2.45, 2.75) is 24.4 Å². The van der Waals surface area contributed by atoms with Crippen LogP contribution in [-0.2, 0) is 17.0 Å². The summed E-state index contributed by atoms with van der Waals surface area (Å²) in [6, 6.07) is 14.6. The summed E-state index contributed by atoms with van der Waals surface area (Å²) in [5, 5.41) is 4.27. The van der Waals surface area contributed by atoms with E-state index in [2.05, 4.69) is 16.5 Å². The molecule has 4 rings (SSSR count). The summed E-state index contributed by atoms with van der Waals surface area (Å²) in [5.74, 6) is 0.535. The third-order valence-corrected chi connectivity index (χ3v) is 5.67. The van der Waals surface area contributed by atoms with E-state index in [1.54, 1.807) is 30.8 Å². The second-order valence-electron chi connectivity index (χ2n) is 6.72. The predicted molar refractivity (Wildman–Crippen MR) is 123 cm³/mol. The van der Waals surface area contributed by atoms with Crippen LogP contribution in [0.2, 0.25) is 0 Å². The summed E-state index contributed by atoms with van der Waals surface area (Å²) < 4.78 is 12.3. The van der Waals surface area contributed by atoms with Gasteiger partial charge in [-0.1, -0.05) is 30.0 Å². The molecule has 4 aromatic rings. The molecule has 1 N–H and O–H groups in total. The van der Waals surface area contributed by atoms with Gasteiger partial charge in [0.05, 0.1) is 17.6 Å². The van der Waals surface area contributed by atoms with Crippen molar-refractivity contribution in [3.8, 4) is 0 Å². The van der Waals surface area contributed by atoms with E-state index in [0.29, 0.717) is 23.6 Å². The molecule has 2 heterocycles. The topological polar surface area (TPSA) is 86.4 Å². The molecule has 0 unspecified atom stereocenters. The Kier molecular flexibility index (Phi) is 6.08. The number of para-hydroxylation sites is 2. The maximum Gasteiger partial charge on any atom is 0.411 e. The van der Waals surface area contributed by atoms with Crippen molar-refractivity contribution >= 4 is 45.5 Å². The van der Waals surface area contributed by atoms with Crippen molar-refractivity contribution in [1.82, 2.24) is 9.55 Å². The molecule has 0 aliphatic carbocycles. The molecule has 0 fully saturated rings. The molecular formula is C23H21N3O4S. The van der Waals surface area contributed by atoms with Crippen LogP contribution in [-0.4, -0.2) is 22.3 Å². The number of fused-ring (bicyclic) bond motifs is 2. The molecule has 1 amide bonds. The molecule has 158 valence electrons. The second kappa shape index (κ2) is 9.09. The van der Waals surface area contributed by atoms with E-state index in [4.69, 9.17) is 14.1 Å². The van der Waals surface area contributed by atoms with Gasteiger partial charge in [0, 0.05) is 35.5 Å². The Bertz CT molecular complexity index is 1330. The number of thioether (sulfide) groups is 1. The normalized spacial score (nSPS) is 11.0. The number of imidazole rings is 1. The van der Waals surface area contributed by atoms with Gasteiger partial charge >= 0.3 is 11.7 Å². The van der Waals surface area contributed by atoms with Gasteiger partial charge in [-0.2, -0.15) is 0 Å². The average molecular weight is 436 g/mol. The van der Waals surface area contributed by atoms with E-state index < -0.39 is 11.7 Å². The third-order valence-electron chi connectivity index (χ3n) is 4.64. The van der Waals surface area contributed by atoms with Crippen molar-refractivity contribution in [2.75, 3.05) is 11.9 Å². The zero-order valence-electron chi connectivity index (χ0n) is 17.0. The molecule has 0 atom stereocenters. The number of nitrogens with one attached hydrogen (secondary N) is 1. The van der Waals surface area contributed by atoms with Crippen molar-refractivity contribution < 1.29 is 13.9 Å². The molecule has 31 heavy (non-hydrogen) atoms. The minimum Gasteiger partial charge on any atom is -0.450 e. The molecule has 0 aliphatic rings. The Morgan fingerprint density at radius 3 is 2.94 bits per heavy atom. The van der Waals surface area contributed by atoms with Crippen LogP contribution in [0, 0.1) is 0 Å². The monoisotopic (exact) mass is 435 g/mol. The van der Waals surface area contributed by atoms with Gasteiger partial charge in [0.25, 0.3) is 0 Å². The summed E-state index contributed by atoms with van der Waals surface area (Å²) >= 11 is 1.54. The lowest BCUT2D eigenvalue weighted by Crippen LogP contribution is -2.13. The molecule has 0 bridgehead atoms. The fraction of sp³-hybridized carbons (Fsp3) is 0.174. The van der Waals surface area contributed by atoms with Crippen molar-refractivity contribution in [1.29, 1.82) is 0 Å².